The second kappa shape index (κ2) is 3.80. The Balaban J connectivity index is 1.94. The normalized spacial score (nSPS) is 34.2. The molecular weight excluding hydrogens is 267 g/mol. The number of halogens is 1. The van der Waals surface area contributed by atoms with E-state index < -0.39 is 0 Å². The molecule has 1 atom stereocenters. The van der Waals surface area contributed by atoms with E-state index in [1.807, 2.05) is 0 Å². The summed E-state index contributed by atoms with van der Waals surface area (Å²) in [5.74, 6) is -0.159. The van der Waals surface area contributed by atoms with Gasteiger partial charge in [0.2, 0.25) is 0 Å². The van der Waals surface area contributed by atoms with E-state index in [9.17, 15) is 0 Å². The molecule has 0 N–H and O–H groups in total. The highest BCUT2D eigenvalue weighted by Gasteiger charge is 2.41. The van der Waals surface area contributed by atoms with Crippen LogP contribution < -0.4 is 0 Å². The fraction of sp³-hybridized carbons (Fsp3) is 1.00. The smallest absolute Gasteiger partial charge is 0.168 e. The quantitative estimate of drug-likeness (QED) is 0.543. The summed E-state index contributed by atoms with van der Waals surface area (Å²) in [6.45, 7) is 0.808. The third kappa shape index (κ3) is 1.77. The molecule has 12 heavy (non-hydrogen) atoms. The van der Waals surface area contributed by atoms with Crippen LogP contribution in [0.25, 0.3) is 0 Å². The van der Waals surface area contributed by atoms with Crippen LogP contribution in [0.1, 0.15) is 32.1 Å². The summed E-state index contributed by atoms with van der Waals surface area (Å²) in [5, 5.41) is 0. The molecular formula is C9H15IO2. The third-order valence-corrected chi connectivity index (χ3v) is 3.68. The van der Waals surface area contributed by atoms with Crippen molar-refractivity contribution in [2.75, 3.05) is 11.0 Å². The summed E-state index contributed by atoms with van der Waals surface area (Å²) in [6.07, 6.45) is 6.47. The molecule has 2 fully saturated rings. The molecule has 0 amide bonds. The fourth-order valence-corrected chi connectivity index (χ4v) is 2.48. The van der Waals surface area contributed by atoms with Crippen molar-refractivity contribution in [3.05, 3.63) is 0 Å². The first-order valence-electron chi connectivity index (χ1n) is 4.72. The van der Waals surface area contributed by atoms with Crippen molar-refractivity contribution in [1.29, 1.82) is 0 Å². The standard InChI is InChI=1S/C9H15IO2/c10-6-8-7-11-9(12-8)4-2-1-3-5-9/h8H,1-7H2. The molecule has 2 aliphatic rings. The number of rotatable bonds is 1. The predicted molar refractivity (Wildman–Crippen MR) is 55.5 cm³/mol. The van der Waals surface area contributed by atoms with Gasteiger partial charge in [-0.25, -0.2) is 0 Å². The summed E-state index contributed by atoms with van der Waals surface area (Å²) in [7, 11) is 0. The topological polar surface area (TPSA) is 18.5 Å². The molecule has 2 nitrogen and oxygen atoms in total. The van der Waals surface area contributed by atoms with E-state index in [2.05, 4.69) is 22.6 Å². The molecule has 2 rings (SSSR count). The Kier molecular flexibility index (Phi) is 2.92. The lowest BCUT2D eigenvalue weighted by atomic mass is 9.94. The first-order valence-corrected chi connectivity index (χ1v) is 6.25. The second-order valence-electron chi connectivity index (χ2n) is 3.68. The summed E-state index contributed by atoms with van der Waals surface area (Å²) in [5.41, 5.74) is 0. The molecule has 1 aliphatic heterocycles. The lowest BCUT2D eigenvalue weighted by Gasteiger charge is -2.31. The van der Waals surface area contributed by atoms with Crippen molar-refractivity contribution in [3.8, 4) is 0 Å². The van der Waals surface area contributed by atoms with Crippen LogP contribution in [0.3, 0.4) is 0 Å². The summed E-state index contributed by atoms with van der Waals surface area (Å²) in [4.78, 5) is 0. The maximum absolute atomic E-state index is 5.91. The minimum absolute atomic E-state index is 0.159. The van der Waals surface area contributed by atoms with Gasteiger partial charge in [0.1, 0.15) is 0 Å². The first kappa shape index (κ1) is 9.21. The fourth-order valence-electron chi connectivity index (χ4n) is 2.05. The van der Waals surface area contributed by atoms with Crippen LogP contribution in [0.2, 0.25) is 0 Å². The Labute approximate surface area is 87.1 Å². The number of hydrogen-bond acceptors (Lipinski definition) is 2. The van der Waals surface area contributed by atoms with Gasteiger partial charge in [0.05, 0.1) is 12.7 Å². The average Bonchev–Trinajstić information content (AvgIpc) is 2.50. The molecule has 0 radical (unpaired) electrons. The third-order valence-electron chi connectivity index (χ3n) is 2.70. The maximum Gasteiger partial charge on any atom is 0.168 e. The summed E-state index contributed by atoms with van der Waals surface area (Å²) >= 11 is 2.36. The average molecular weight is 282 g/mol. The number of ether oxygens (including phenoxy) is 2. The van der Waals surface area contributed by atoms with Crippen LogP contribution in [-0.4, -0.2) is 22.9 Å². The van der Waals surface area contributed by atoms with E-state index in [0.717, 1.165) is 23.9 Å². The van der Waals surface area contributed by atoms with E-state index in [1.54, 1.807) is 0 Å². The molecule has 0 aromatic carbocycles. The molecule has 1 saturated carbocycles. The molecule has 3 heteroatoms. The van der Waals surface area contributed by atoms with Crippen molar-refractivity contribution < 1.29 is 9.47 Å². The molecule has 70 valence electrons. The molecule has 0 bridgehead atoms. The van der Waals surface area contributed by atoms with Gasteiger partial charge in [-0.1, -0.05) is 29.0 Å². The highest BCUT2D eigenvalue weighted by Crippen LogP contribution is 2.37. The predicted octanol–water partition coefficient (Wildman–Crippen LogP) is 2.50. The van der Waals surface area contributed by atoms with Crippen molar-refractivity contribution in [1.82, 2.24) is 0 Å². The summed E-state index contributed by atoms with van der Waals surface area (Å²) in [6, 6.07) is 0. The largest absolute Gasteiger partial charge is 0.347 e. The lowest BCUT2D eigenvalue weighted by molar-refractivity contribution is -0.184. The molecule has 1 spiro atoms. The first-order chi connectivity index (χ1) is 5.85. The van der Waals surface area contributed by atoms with Gasteiger partial charge in [0.15, 0.2) is 5.79 Å². The lowest BCUT2D eigenvalue weighted by Crippen LogP contribution is -2.33. The summed E-state index contributed by atoms with van der Waals surface area (Å²) < 4.78 is 12.7. The number of alkyl halides is 1. The molecule has 1 heterocycles. The molecule has 1 saturated heterocycles. The zero-order valence-corrected chi connectivity index (χ0v) is 9.38. The van der Waals surface area contributed by atoms with Gasteiger partial charge in [-0.15, -0.1) is 0 Å². The van der Waals surface area contributed by atoms with Gasteiger partial charge in [-0.05, 0) is 12.8 Å². The Morgan fingerprint density at radius 2 is 2.00 bits per heavy atom. The number of hydrogen-bond donors (Lipinski definition) is 0. The zero-order valence-electron chi connectivity index (χ0n) is 7.22. The van der Waals surface area contributed by atoms with Gasteiger partial charge in [-0.3, -0.25) is 0 Å². The maximum atomic E-state index is 5.91. The van der Waals surface area contributed by atoms with Gasteiger partial charge >= 0.3 is 0 Å². The van der Waals surface area contributed by atoms with Gasteiger partial charge in [0.25, 0.3) is 0 Å². The van der Waals surface area contributed by atoms with E-state index in [1.165, 1.54) is 19.3 Å². The van der Waals surface area contributed by atoms with E-state index in [4.69, 9.17) is 9.47 Å². The van der Waals surface area contributed by atoms with Crippen molar-refractivity contribution in [2.24, 2.45) is 0 Å². The van der Waals surface area contributed by atoms with Crippen LogP contribution in [0.15, 0.2) is 0 Å². The Hall–Kier alpha value is 0.650. The highest BCUT2D eigenvalue weighted by atomic mass is 127. The molecule has 1 unspecified atom stereocenters. The van der Waals surface area contributed by atoms with Gasteiger partial charge in [0, 0.05) is 17.3 Å². The van der Waals surface area contributed by atoms with E-state index >= 15 is 0 Å². The van der Waals surface area contributed by atoms with Crippen LogP contribution in [0.5, 0.6) is 0 Å². The van der Waals surface area contributed by atoms with E-state index in [0.29, 0.717) is 6.10 Å². The van der Waals surface area contributed by atoms with Crippen molar-refractivity contribution in [3.63, 3.8) is 0 Å². The van der Waals surface area contributed by atoms with Gasteiger partial charge < -0.3 is 9.47 Å². The SMILES string of the molecule is ICC1COC2(CCCCC2)O1. The highest BCUT2D eigenvalue weighted by molar-refractivity contribution is 14.1. The molecule has 0 aromatic heterocycles. The molecule has 1 aliphatic carbocycles. The van der Waals surface area contributed by atoms with Crippen LogP contribution >= 0.6 is 22.6 Å². The minimum Gasteiger partial charge on any atom is -0.347 e. The Morgan fingerprint density at radius 1 is 1.25 bits per heavy atom. The molecule has 0 aromatic rings. The van der Waals surface area contributed by atoms with Crippen LogP contribution in [0, 0.1) is 0 Å². The van der Waals surface area contributed by atoms with Crippen molar-refractivity contribution >= 4 is 22.6 Å². The van der Waals surface area contributed by atoms with Crippen molar-refractivity contribution in [2.45, 2.75) is 44.0 Å². The zero-order chi connectivity index (χ0) is 8.44. The van der Waals surface area contributed by atoms with E-state index in [-0.39, 0.29) is 5.79 Å². The Bertz CT molecular complexity index is 155. The Morgan fingerprint density at radius 3 is 2.58 bits per heavy atom. The second-order valence-corrected chi connectivity index (χ2v) is 4.56. The van der Waals surface area contributed by atoms with Crippen LogP contribution in [-0.2, 0) is 9.47 Å². The minimum atomic E-state index is -0.159. The monoisotopic (exact) mass is 282 g/mol. The van der Waals surface area contributed by atoms with Crippen LogP contribution in [0.4, 0.5) is 0 Å². The van der Waals surface area contributed by atoms with Gasteiger partial charge in [-0.2, -0.15) is 0 Å².